The van der Waals surface area contributed by atoms with Crippen molar-refractivity contribution in [2.24, 2.45) is 11.3 Å². The van der Waals surface area contributed by atoms with Gasteiger partial charge in [0.05, 0.1) is 6.17 Å². The summed E-state index contributed by atoms with van der Waals surface area (Å²) < 4.78 is 0. The number of carbonyl (C=O) groups is 2. The maximum Gasteiger partial charge on any atom is 0.322 e. The predicted octanol–water partition coefficient (Wildman–Crippen LogP) is 3.03. The maximum absolute atomic E-state index is 12.3. The quantitative estimate of drug-likeness (QED) is 0.436. The van der Waals surface area contributed by atoms with E-state index in [2.05, 4.69) is 57.5 Å². The molecule has 3 heterocycles. The van der Waals surface area contributed by atoms with Crippen LogP contribution in [0.25, 0.3) is 0 Å². The van der Waals surface area contributed by atoms with E-state index in [0.29, 0.717) is 10.9 Å². The molecule has 1 saturated heterocycles. The SMILES string of the molecule is CC(C)(C)C1CC(NC(=O)Nc2ncc(CCc3ccnc(NC(=O)C4CC4)c3)s2)NN1. The molecule has 4 rings (SSSR count). The fourth-order valence-electron chi connectivity index (χ4n) is 3.53. The molecule has 0 aromatic carbocycles. The minimum atomic E-state index is -0.273. The molecule has 1 saturated carbocycles. The first-order chi connectivity index (χ1) is 15.3. The minimum absolute atomic E-state index is 0.0589. The highest BCUT2D eigenvalue weighted by Gasteiger charge is 2.33. The van der Waals surface area contributed by atoms with Gasteiger partial charge in [0.25, 0.3) is 0 Å². The number of urea groups is 1. The second-order valence-corrected chi connectivity index (χ2v) is 10.7. The Labute approximate surface area is 192 Å². The van der Waals surface area contributed by atoms with Crippen molar-refractivity contribution in [3.63, 3.8) is 0 Å². The van der Waals surface area contributed by atoms with Crippen molar-refractivity contribution in [1.82, 2.24) is 26.1 Å². The summed E-state index contributed by atoms with van der Waals surface area (Å²) in [4.78, 5) is 33.9. The zero-order valence-electron chi connectivity index (χ0n) is 18.7. The van der Waals surface area contributed by atoms with Crippen LogP contribution in [-0.4, -0.2) is 34.1 Å². The van der Waals surface area contributed by atoms with Gasteiger partial charge in [0.1, 0.15) is 5.82 Å². The fourth-order valence-corrected chi connectivity index (χ4v) is 4.34. The third kappa shape index (κ3) is 6.24. The predicted molar refractivity (Wildman–Crippen MR) is 125 cm³/mol. The van der Waals surface area contributed by atoms with Crippen molar-refractivity contribution in [3.05, 3.63) is 35.0 Å². The van der Waals surface area contributed by atoms with E-state index in [1.165, 1.54) is 11.3 Å². The molecular weight excluding hydrogens is 426 g/mol. The van der Waals surface area contributed by atoms with Crippen molar-refractivity contribution in [2.75, 3.05) is 10.6 Å². The van der Waals surface area contributed by atoms with Crippen LogP contribution >= 0.6 is 11.3 Å². The number of aryl methyl sites for hydroxylation is 2. The molecule has 2 aromatic heterocycles. The maximum atomic E-state index is 12.3. The van der Waals surface area contributed by atoms with Crippen LogP contribution in [0.15, 0.2) is 24.5 Å². The van der Waals surface area contributed by atoms with Crippen LogP contribution in [0.1, 0.15) is 50.5 Å². The van der Waals surface area contributed by atoms with Gasteiger partial charge in [0.15, 0.2) is 5.13 Å². The molecule has 10 heteroatoms. The van der Waals surface area contributed by atoms with Gasteiger partial charge in [-0.3, -0.25) is 15.5 Å². The molecule has 1 aliphatic heterocycles. The second-order valence-electron chi connectivity index (χ2n) is 9.54. The zero-order chi connectivity index (χ0) is 22.7. The first-order valence-electron chi connectivity index (χ1n) is 11.1. The van der Waals surface area contributed by atoms with Crippen molar-refractivity contribution < 1.29 is 9.59 Å². The van der Waals surface area contributed by atoms with Gasteiger partial charge in [0, 0.05) is 29.2 Å². The Bertz CT molecular complexity index is 967. The summed E-state index contributed by atoms with van der Waals surface area (Å²) in [6, 6.07) is 3.88. The molecule has 1 aliphatic carbocycles. The Morgan fingerprint density at radius 2 is 1.97 bits per heavy atom. The first-order valence-corrected chi connectivity index (χ1v) is 11.9. The number of hydrogen-bond acceptors (Lipinski definition) is 7. The number of aromatic nitrogens is 2. The molecule has 5 N–H and O–H groups in total. The average Bonchev–Trinajstić information content (AvgIpc) is 3.32. The number of rotatable bonds is 7. The molecule has 3 amide bonds. The van der Waals surface area contributed by atoms with Gasteiger partial charge in [-0.15, -0.1) is 11.3 Å². The van der Waals surface area contributed by atoms with Crippen LogP contribution in [-0.2, 0) is 17.6 Å². The number of hydrazine groups is 1. The smallest absolute Gasteiger partial charge is 0.321 e. The van der Waals surface area contributed by atoms with E-state index in [1.54, 1.807) is 12.4 Å². The van der Waals surface area contributed by atoms with Crippen LogP contribution in [0.2, 0.25) is 0 Å². The fraction of sp³-hybridized carbons (Fsp3) is 0.545. The lowest BCUT2D eigenvalue weighted by Crippen LogP contribution is -2.46. The molecular formula is C22H31N7O2S. The molecule has 32 heavy (non-hydrogen) atoms. The third-order valence-corrected chi connectivity index (χ3v) is 6.68. The first kappa shape index (κ1) is 22.6. The lowest BCUT2D eigenvalue weighted by molar-refractivity contribution is -0.117. The molecule has 2 fully saturated rings. The summed E-state index contributed by atoms with van der Waals surface area (Å²) in [7, 11) is 0. The van der Waals surface area contributed by atoms with E-state index in [1.807, 2.05) is 12.1 Å². The Morgan fingerprint density at radius 3 is 2.69 bits per heavy atom. The standard InChI is InChI=1S/C22H31N7O2S/c1-22(2,3)16-11-18(29-28-16)26-20(31)27-21-24-12-15(32-21)7-4-13-8-9-23-17(10-13)25-19(30)14-5-6-14/h8-10,12,14,16,18,28-29H,4-7,11H2,1-3H3,(H,23,25,30)(H2,24,26,27,31). The molecule has 9 nitrogen and oxygen atoms in total. The van der Waals surface area contributed by atoms with Gasteiger partial charge in [-0.2, -0.15) is 0 Å². The lowest BCUT2D eigenvalue weighted by atomic mass is 9.85. The Balaban J connectivity index is 1.23. The van der Waals surface area contributed by atoms with E-state index >= 15 is 0 Å². The number of carbonyl (C=O) groups excluding carboxylic acids is 2. The second kappa shape index (κ2) is 9.51. The lowest BCUT2D eigenvalue weighted by Gasteiger charge is -2.25. The summed E-state index contributed by atoms with van der Waals surface area (Å²) in [5, 5.41) is 9.21. The van der Waals surface area contributed by atoms with E-state index in [0.717, 1.165) is 42.5 Å². The van der Waals surface area contributed by atoms with Crippen molar-refractivity contribution in [2.45, 2.75) is 65.1 Å². The van der Waals surface area contributed by atoms with E-state index in [9.17, 15) is 9.59 Å². The molecule has 0 bridgehead atoms. The van der Waals surface area contributed by atoms with E-state index in [-0.39, 0.29) is 35.5 Å². The van der Waals surface area contributed by atoms with Gasteiger partial charge in [-0.1, -0.05) is 20.8 Å². The highest BCUT2D eigenvalue weighted by molar-refractivity contribution is 7.15. The Hall–Kier alpha value is -2.56. The van der Waals surface area contributed by atoms with Crippen LogP contribution in [0.4, 0.5) is 15.7 Å². The van der Waals surface area contributed by atoms with Crippen LogP contribution < -0.4 is 26.8 Å². The number of hydrogen-bond donors (Lipinski definition) is 5. The monoisotopic (exact) mass is 457 g/mol. The van der Waals surface area contributed by atoms with Crippen LogP contribution in [0, 0.1) is 11.3 Å². The molecule has 2 aromatic rings. The topological polar surface area (TPSA) is 120 Å². The molecule has 2 aliphatic rings. The molecule has 172 valence electrons. The molecule has 0 radical (unpaired) electrons. The van der Waals surface area contributed by atoms with Crippen molar-refractivity contribution >= 4 is 34.2 Å². The largest absolute Gasteiger partial charge is 0.322 e. The number of thiazole rings is 1. The van der Waals surface area contributed by atoms with Gasteiger partial charge in [-0.25, -0.2) is 20.2 Å². The van der Waals surface area contributed by atoms with Gasteiger partial charge in [0.2, 0.25) is 5.91 Å². The van der Waals surface area contributed by atoms with E-state index in [4.69, 9.17) is 0 Å². The number of nitrogens with one attached hydrogen (secondary N) is 5. The highest BCUT2D eigenvalue weighted by atomic mass is 32.1. The third-order valence-electron chi connectivity index (χ3n) is 5.71. The number of nitrogens with zero attached hydrogens (tertiary/aromatic N) is 2. The van der Waals surface area contributed by atoms with Crippen LogP contribution in [0.5, 0.6) is 0 Å². The normalized spacial score (nSPS) is 20.7. The Kier molecular flexibility index (Phi) is 6.73. The van der Waals surface area contributed by atoms with Crippen LogP contribution in [0.3, 0.4) is 0 Å². The van der Waals surface area contributed by atoms with Gasteiger partial charge < -0.3 is 10.6 Å². The van der Waals surface area contributed by atoms with Gasteiger partial charge >= 0.3 is 6.03 Å². The number of amides is 3. The van der Waals surface area contributed by atoms with Gasteiger partial charge in [-0.05, 0) is 55.2 Å². The molecule has 2 unspecified atom stereocenters. The summed E-state index contributed by atoms with van der Waals surface area (Å²) in [6.45, 7) is 6.51. The number of anilines is 2. The zero-order valence-corrected chi connectivity index (χ0v) is 19.5. The summed E-state index contributed by atoms with van der Waals surface area (Å²) in [5.74, 6) is 0.816. The Morgan fingerprint density at radius 1 is 1.16 bits per heavy atom. The molecule has 2 atom stereocenters. The molecule has 0 spiro atoms. The number of pyridine rings is 1. The average molecular weight is 458 g/mol. The summed E-state index contributed by atoms with van der Waals surface area (Å²) in [6.07, 6.45) is 7.74. The van der Waals surface area contributed by atoms with E-state index < -0.39 is 0 Å². The van der Waals surface area contributed by atoms with Crippen molar-refractivity contribution in [1.29, 1.82) is 0 Å². The minimum Gasteiger partial charge on any atom is -0.321 e. The van der Waals surface area contributed by atoms with Crippen molar-refractivity contribution in [3.8, 4) is 0 Å². The highest BCUT2D eigenvalue weighted by Crippen LogP contribution is 2.30. The summed E-state index contributed by atoms with van der Waals surface area (Å²) in [5.41, 5.74) is 7.58. The summed E-state index contributed by atoms with van der Waals surface area (Å²) >= 11 is 1.47.